The molecule has 0 unspecified atom stereocenters. The second-order valence-electron chi connectivity index (χ2n) is 6.52. The molecule has 0 atom stereocenters. The molecule has 1 amide bonds. The molecule has 0 bridgehead atoms. The minimum absolute atomic E-state index is 0. The van der Waals surface area contributed by atoms with Crippen LogP contribution in [0.1, 0.15) is 31.9 Å². The highest BCUT2D eigenvalue weighted by Gasteiger charge is 2.27. The number of rotatable bonds is 10. The summed E-state index contributed by atoms with van der Waals surface area (Å²) in [7, 11) is 1.80. The Kier molecular flexibility index (Phi) is 13.7. The molecule has 1 N–H and O–H groups in total. The van der Waals surface area contributed by atoms with Gasteiger partial charge in [0, 0.05) is 26.7 Å². The molecule has 1 aromatic carbocycles. The molecule has 172 valence electrons. The molecule has 0 heterocycles. The van der Waals surface area contributed by atoms with E-state index in [-0.39, 0.29) is 43.0 Å². The van der Waals surface area contributed by atoms with E-state index in [2.05, 4.69) is 10.3 Å². The van der Waals surface area contributed by atoms with Gasteiger partial charge < -0.3 is 19.9 Å². The van der Waals surface area contributed by atoms with E-state index in [4.69, 9.17) is 4.74 Å². The first-order chi connectivity index (χ1) is 13.7. The zero-order valence-electron chi connectivity index (χ0n) is 18.0. The number of carbonyl (C=O) groups is 1. The van der Waals surface area contributed by atoms with Crippen molar-refractivity contribution in [2.75, 3.05) is 39.8 Å². The van der Waals surface area contributed by atoms with Crippen molar-refractivity contribution >= 4 is 35.8 Å². The molecular formula is C20H32F3IN4O2. The van der Waals surface area contributed by atoms with Gasteiger partial charge in [-0.3, -0.25) is 4.79 Å². The highest BCUT2D eigenvalue weighted by molar-refractivity contribution is 14.0. The molecule has 0 fully saturated rings. The number of aliphatic imine (C=N–C) groups is 1. The summed E-state index contributed by atoms with van der Waals surface area (Å²) in [5.41, 5.74) is 1.49. The number of ether oxygens (including phenoxy) is 1. The van der Waals surface area contributed by atoms with Gasteiger partial charge in [-0.15, -0.1) is 24.0 Å². The first-order valence-corrected chi connectivity index (χ1v) is 9.69. The highest BCUT2D eigenvalue weighted by atomic mass is 127. The molecule has 0 saturated carbocycles. The lowest BCUT2D eigenvalue weighted by Crippen LogP contribution is -2.45. The molecular weight excluding hydrogens is 512 g/mol. The molecule has 0 aliphatic rings. The predicted octanol–water partition coefficient (Wildman–Crippen LogP) is 3.65. The fraction of sp³-hybridized carbons (Fsp3) is 0.600. The number of nitrogens with one attached hydrogen (secondary N) is 1. The summed E-state index contributed by atoms with van der Waals surface area (Å²) in [6.07, 6.45) is -4.34. The number of carbonyl (C=O) groups excluding carboxylic acids is 1. The van der Waals surface area contributed by atoms with Crippen molar-refractivity contribution in [3.05, 3.63) is 35.4 Å². The number of hydrogen-bond donors (Lipinski definition) is 1. The van der Waals surface area contributed by atoms with Gasteiger partial charge in [-0.25, -0.2) is 4.99 Å². The predicted molar refractivity (Wildman–Crippen MR) is 123 cm³/mol. The van der Waals surface area contributed by atoms with E-state index in [9.17, 15) is 18.0 Å². The van der Waals surface area contributed by atoms with Crippen LogP contribution in [0, 0.1) is 0 Å². The van der Waals surface area contributed by atoms with Crippen molar-refractivity contribution in [1.82, 2.24) is 15.1 Å². The summed E-state index contributed by atoms with van der Waals surface area (Å²) >= 11 is 0. The second kappa shape index (κ2) is 14.4. The van der Waals surface area contributed by atoms with Crippen LogP contribution in [-0.4, -0.2) is 67.7 Å². The van der Waals surface area contributed by atoms with Crippen LogP contribution in [0.15, 0.2) is 29.3 Å². The van der Waals surface area contributed by atoms with E-state index in [1.165, 1.54) is 0 Å². The zero-order chi connectivity index (χ0) is 21.9. The fourth-order valence-electron chi connectivity index (χ4n) is 2.69. The number of benzene rings is 1. The van der Waals surface area contributed by atoms with Gasteiger partial charge in [0.15, 0.2) is 5.96 Å². The van der Waals surface area contributed by atoms with Crippen LogP contribution >= 0.6 is 24.0 Å². The summed E-state index contributed by atoms with van der Waals surface area (Å²) in [5.74, 6) is 0.610. The lowest BCUT2D eigenvalue weighted by Gasteiger charge is -2.25. The Balaban J connectivity index is 0.00000841. The zero-order valence-corrected chi connectivity index (χ0v) is 20.3. The second-order valence-corrected chi connectivity index (χ2v) is 6.52. The number of alkyl halides is 3. The molecule has 0 aliphatic carbocycles. The number of guanidine groups is 1. The van der Waals surface area contributed by atoms with Crippen molar-refractivity contribution in [3.8, 4) is 0 Å². The third kappa shape index (κ3) is 11.0. The first-order valence-electron chi connectivity index (χ1n) is 9.69. The third-order valence-corrected chi connectivity index (χ3v) is 4.12. The van der Waals surface area contributed by atoms with Crippen LogP contribution in [0.3, 0.4) is 0 Å². The smallest absolute Gasteiger partial charge is 0.367 e. The van der Waals surface area contributed by atoms with Crippen LogP contribution in [0.4, 0.5) is 13.2 Å². The molecule has 1 rings (SSSR count). The highest BCUT2D eigenvalue weighted by Crippen LogP contribution is 2.16. The topological polar surface area (TPSA) is 57.2 Å². The molecule has 10 heteroatoms. The minimum atomic E-state index is -4.34. The lowest BCUT2D eigenvalue weighted by atomic mass is 10.1. The summed E-state index contributed by atoms with van der Waals surface area (Å²) in [4.78, 5) is 20.4. The first kappa shape index (κ1) is 28.4. The van der Waals surface area contributed by atoms with E-state index in [1.54, 1.807) is 35.0 Å². The molecule has 0 radical (unpaired) electrons. The van der Waals surface area contributed by atoms with Crippen LogP contribution in [0.25, 0.3) is 0 Å². The largest absolute Gasteiger partial charge is 0.411 e. The maximum atomic E-state index is 12.3. The summed E-state index contributed by atoms with van der Waals surface area (Å²) in [5, 5.41) is 3.15. The van der Waals surface area contributed by atoms with Gasteiger partial charge in [0.25, 0.3) is 0 Å². The van der Waals surface area contributed by atoms with Crippen molar-refractivity contribution in [2.45, 2.75) is 40.1 Å². The molecule has 1 aromatic rings. The average molecular weight is 544 g/mol. The molecule has 30 heavy (non-hydrogen) atoms. The summed E-state index contributed by atoms with van der Waals surface area (Å²) in [6, 6.07) is 7.09. The Labute approximate surface area is 193 Å². The van der Waals surface area contributed by atoms with Crippen LogP contribution in [-0.2, 0) is 22.7 Å². The van der Waals surface area contributed by atoms with Gasteiger partial charge in [0.2, 0.25) is 5.91 Å². The Hall–Kier alpha value is -1.56. The van der Waals surface area contributed by atoms with Gasteiger partial charge >= 0.3 is 6.18 Å². The Morgan fingerprint density at radius 3 is 2.37 bits per heavy atom. The number of amides is 1. The molecule has 0 saturated heterocycles. The summed E-state index contributed by atoms with van der Waals surface area (Å²) in [6.45, 7) is 6.92. The SMILES string of the molecule is CCNC(=NCc1cccc(COCC(F)(F)F)c1)N(C)CC(=O)N(CC)CC.I. The van der Waals surface area contributed by atoms with Gasteiger partial charge in [-0.05, 0) is 31.9 Å². The van der Waals surface area contributed by atoms with E-state index in [0.717, 1.165) is 5.56 Å². The van der Waals surface area contributed by atoms with Gasteiger partial charge in [-0.1, -0.05) is 24.3 Å². The van der Waals surface area contributed by atoms with E-state index in [0.29, 0.717) is 37.7 Å². The molecule has 6 nitrogen and oxygen atoms in total. The van der Waals surface area contributed by atoms with Crippen molar-refractivity contribution < 1.29 is 22.7 Å². The van der Waals surface area contributed by atoms with Gasteiger partial charge in [0.05, 0.1) is 19.7 Å². The van der Waals surface area contributed by atoms with E-state index < -0.39 is 12.8 Å². The number of likely N-dealkylation sites (N-methyl/N-ethyl adjacent to an activating group) is 2. The standard InChI is InChI=1S/C20H31F3N4O2.HI/c1-5-24-19(26(4)13-18(28)27(6-2)7-3)25-12-16-9-8-10-17(11-16)14-29-15-20(21,22)23;/h8-11H,5-7,12-15H2,1-4H3,(H,24,25);1H. The van der Waals surface area contributed by atoms with Gasteiger partial charge in [0.1, 0.15) is 6.61 Å². The minimum Gasteiger partial charge on any atom is -0.367 e. The van der Waals surface area contributed by atoms with E-state index in [1.807, 2.05) is 26.8 Å². The number of hydrogen-bond acceptors (Lipinski definition) is 3. The monoisotopic (exact) mass is 544 g/mol. The third-order valence-electron chi connectivity index (χ3n) is 4.12. The number of nitrogens with zero attached hydrogens (tertiary/aromatic N) is 3. The van der Waals surface area contributed by atoms with Crippen molar-refractivity contribution in [1.29, 1.82) is 0 Å². The van der Waals surface area contributed by atoms with Gasteiger partial charge in [-0.2, -0.15) is 13.2 Å². The molecule has 0 aliphatic heterocycles. The summed E-state index contributed by atoms with van der Waals surface area (Å²) < 4.78 is 41.3. The Morgan fingerprint density at radius 2 is 1.80 bits per heavy atom. The molecule has 0 spiro atoms. The van der Waals surface area contributed by atoms with Crippen LogP contribution in [0.5, 0.6) is 0 Å². The number of halogens is 4. The van der Waals surface area contributed by atoms with Crippen LogP contribution in [0.2, 0.25) is 0 Å². The lowest BCUT2D eigenvalue weighted by molar-refractivity contribution is -0.176. The normalized spacial score (nSPS) is 11.6. The van der Waals surface area contributed by atoms with E-state index >= 15 is 0 Å². The van der Waals surface area contributed by atoms with Crippen molar-refractivity contribution in [3.63, 3.8) is 0 Å². The Bertz CT molecular complexity index is 668. The van der Waals surface area contributed by atoms with Crippen molar-refractivity contribution in [2.24, 2.45) is 4.99 Å². The van der Waals surface area contributed by atoms with Crippen LogP contribution < -0.4 is 5.32 Å². The maximum Gasteiger partial charge on any atom is 0.411 e. The molecule has 0 aromatic heterocycles. The fourth-order valence-corrected chi connectivity index (χ4v) is 2.69. The Morgan fingerprint density at radius 1 is 1.17 bits per heavy atom. The average Bonchev–Trinajstić information content (AvgIpc) is 2.65. The quantitative estimate of drug-likeness (QED) is 0.278. The maximum absolute atomic E-state index is 12.3.